The number of rotatable bonds is 4. The Morgan fingerprint density at radius 1 is 1.26 bits per heavy atom. The van der Waals surface area contributed by atoms with Gasteiger partial charge in [-0.1, -0.05) is 41.7 Å². The van der Waals surface area contributed by atoms with Crippen LogP contribution < -0.4 is 9.75 Å². The second-order valence-electron chi connectivity index (χ2n) is 4.82. The summed E-state index contributed by atoms with van der Waals surface area (Å²) < 4.78 is 6.16. The maximum Gasteiger partial charge on any atom is 0.246 e. The maximum atomic E-state index is 11.9. The normalized spacial score (nSPS) is 11.0. The molecule has 0 radical (unpaired) electrons. The number of hydrogen-bond acceptors (Lipinski definition) is 5. The van der Waals surface area contributed by atoms with Crippen LogP contribution in [0.15, 0.2) is 53.6 Å². The van der Waals surface area contributed by atoms with E-state index < -0.39 is 0 Å². The smallest absolute Gasteiger partial charge is 0.246 e. The van der Waals surface area contributed by atoms with Crippen molar-refractivity contribution >= 4 is 38.8 Å². The van der Waals surface area contributed by atoms with E-state index in [2.05, 4.69) is 10.1 Å². The highest BCUT2D eigenvalue weighted by atomic mass is 32.1. The molecule has 0 atom stereocenters. The largest absolute Gasteiger partial charge is 0.497 e. The third kappa shape index (κ3) is 3.37. The molecular formula is C17H15N3O2S. The number of fused-ring (bicyclic) bond motifs is 1. The first kappa shape index (κ1) is 15.2. The van der Waals surface area contributed by atoms with E-state index in [1.54, 1.807) is 13.3 Å². The van der Waals surface area contributed by atoms with Crippen molar-refractivity contribution in [3.63, 3.8) is 0 Å². The lowest BCUT2D eigenvalue weighted by atomic mass is 10.2. The number of methoxy groups -OCH3 is 1. The molecule has 0 N–H and O–H groups in total. The molecule has 0 aliphatic rings. The van der Waals surface area contributed by atoms with E-state index in [0.717, 1.165) is 21.5 Å². The minimum Gasteiger partial charge on any atom is -0.497 e. The number of hydrogen-bond donors (Lipinski definition) is 0. The van der Waals surface area contributed by atoms with E-state index >= 15 is 0 Å². The fraction of sp³-hybridized carbons (Fsp3) is 0.118. The van der Waals surface area contributed by atoms with Gasteiger partial charge in [0.2, 0.25) is 11.0 Å². The second-order valence-corrected chi connectivity index (χ2v) is 5.83. The number of amides is 1. The summed E-state index contributed by atoms with van der Waals surface area (Å²) >= 11 is 1.40. The molecular weight excluding hydrogens is 310 g/mol. The average Bonchev–Trinajstić information content (AvgIpc) is 2.98. The Kier molecular flexibility index (Phi) is 4.34. The topological polar surface area (TPSA) is 54.8 Å². The van der Waals surface area contributed by atoms with Crippen LogP contribution in [0, 0.1) is 0 Å². The van der Waals surface area contributed by atoms with Gasteiger partial charge in [0, 0.05) is 6.92 Å². The fourth-order valence-electron chi connectivity index (χ4n) is 2.04. The van der Waals surface area contributed by atoms with Gasteiger partial charge in [-0.3, -0.25) is 4.79 Å². The molecule has 0 saturated heterocycles. The molecule has 5 nitrogen and oxygen atoms in total. The molecule has 1 amide bonds. The number of carbonyl (C=O) groups is 1. The van der Waals surface area contributed by atoms with Crippen LogP contribution in [0.25, 0.3) is 10.2 Å². The Morgan fingerprint density at radius 3 is 2.74 bits per heavy atom. The van der Waals surface area contributed by atoms with Crippen LogP contribution in [0.2, 0.25) is 0 Å². The van der Waals surface area contributed by atoms with Crippen LogP contribution >= 0.6 is 11.3 Å². The van der Waals surface area contributed by atoms with Crippen LogP contribution in [-0.2, 0) is 4.79 Å². The number of hydrazone groups is 1. The van der Waals surface area contributed by atoms with Gasteiger partial charge in [-0.05, 0) is 23.8 Å². The molecule has 0 aliphatic carbocycles. The molecule has 0 unspecified atom stereocenters. The summed E-state index contributed by atoms with van der Waals surface area (Å²) in [7, 11) is 1.62. The summed E-state index contributed by atoms with van der Waals surface area (Å²) in [6, 6.07) is 15.2. The second kappa shape index (κ2) is 6.58. The lowest BCUT2D eigenvalue weighted by Gasteiger charge is -2.10. The van der Waals surface area contributed by atoms with E-state index in [0.29, 0.717) is 5.13 Å². The molecule has 0 spiro atoms. The van der Waals surface area contributed by atoms with Gasteiger partial charge in [-0.25, -0.2) is 4.98 Å². The van der Waals surface area contributed by atoms with Crippen LogP contribution in [-0.4, -0.2) is 24.2 Å². The number of ether oxygens (including phenoxy) is 1. The molecule has 1 aromatic heterocycles. The molecule has 3 rings (SSSR count). The number of aromatic nitrogens is 1. The minimum absolute atomic E-state index is 0.191. The summed E-state index contributed by atoms with van der Waals surface area (Å²) in [4.78, 5) is 16.4. The highest BCUT2D eigenvalue weighted by Crippen LogP contribution is 2.31. The molecule has 116 valence electrons. The quantitative estimate of drug-likeness (QED) is 0.543. The first-order chi connectivity index (χ1) is 11.2. The van der Waals surface area contributed by atoms with Gasteiger partial charge in [0.25, 0.3) is 0 Å². The van der Waals surface area contributed by atoms with Crippen molar-refractivity contribution in [2.24, 2.45) is 5.10 Å². The Labute approximate surface area is 137 Å². The number of thiazole rings is 1. The molecule has 3 aromatic rings. The Balaban J connectivity index is 1.95. The van der Waals surface area contributed by atoms with Gasteiger partial charge in [-0.15, -0.1) is 0 Å². The third-order valence-electron chi connectivity index (χ3n) is 3.19. The molecule has 2 aromatic carbocycles. The molecule has 0 bridgehead atoms. The number of benzene rings is 2. The minimum atomic E-state index is -0.191. The van der Waals surface area contributed by atoms with Gasteiger partial charge in [0.15, 0.2) is 0 Å². The van der Waals surface area contributed by atoms with Crippen LogP contribution in [0.5, 0.6) is 5.75 Å². The van der Waals surface area contributed by atoms with Gasteiger partial charge in [0.05, 0.1) is 23.5 Å². The highest BCUT2D eigenvalue weighted by Gasteiger charge is 2.15. The van der Waals surface area contributed by atoms with E-state index in [-0.39, 0.29) is 5.91 Å². The Bertz CT molecular complexity index is 859. The van der Waals surface area contributed by atoms with Crippen LogP contribution in [0.3, 0.4) is 0 Å². The predicted molar refractivity (Wildman–Crippen MR) is 93.4 cm³/mol. The molecule has 23 heavy (non-hydrogen) atoms. The van der Waals surface area contributed by atoms with Gasteiger partial charge < -0.3 is 4.74 Å². The van der Waals surface area contributed by atoms with Gasteiger partial charge in [0.1, 0.15) is 5.75 Å². The van der Waals surface area contributed by atoms with Crippen molar-refractivity contribution in [1.29, 1.82) is 0 Å². The van der Waals surface area contributed by atoms with E-state index in [4.69, 9.17) is 4.74 Å². The lowest BCUT2D eigenvalue weighted by Crippen LogP contribution is -2.22. The van der Waals surface area contributed by atoms with E-state index in [1.165, 1.54) is 23.3 Å². The van der Waals surface area contributed by atoms with Crippen LogP contribution in [0.4, 0.5) is 5.13 Å². The lowest BCUT2D eigenvalue weighted by molar-refractivity contribution is -0.116. The SMILES string of the molecule is COc1ccc2nc(N(/N=C/c3ccccc3)C(C)=O)sc2c1. The van der Waals surface area contributed by atoms with E-state index in [9.17, 15) is 4.79 Å². The first-order valence-electron chi connectivity index (χ1n) is 7.01. The number of nitrogens with zero attached hydrogens (tertiary/aromatic N) is 3. The highest BCUT2D eigenvalue weighted by molar-refractivity contribution is 7.22. The fourth-order valence-corrected chi connectivity index (χ4v) is 3.04. The summed E-state index contributed by atoms with van der Waals surface area (Å²) in [5, 5.41) is 6.12. The summed E-state index contributed by atoms with van der Waals surface area (Å²) in [6.45, 7) is 1.47. The standard InChI is InChI=1S/C17H15N3O2S/c1-12(21)20(18-11-13-6-4-3-5-7-13)17-19-15-9-8-14(22-2)10-16(15)23-17/h3-11H,1-2H3/b18-11+. The zero-order valence-electron chi connectivity index (χ0n) is 12.8. The van der Waals surface area contributed by atoms with Gasteiger partial charge >= 0.3 is 0 Å². The van der Waals surface area contributed by atoms with E-state index in [1.807, 2.05) is 48.5 Å². The molecule has 6 heteroatoms. The van der Waals surface area contributed by atoms with Crippen molar-refractivity contribution in [3.8, 4) is 5.75 Å². The van der Waals surface area contributed by atoms with Crippen molar-refractivity contribution in [2.45, 2.75) is 6.92 Å². The predicted octanol–water partition coefficient (Wildman–Crippen LogP) is 3.69. The average molecular weight is 325 g/mol. The van der Waals surface area contributed by atoms with Crippen molar-refractivity contribution in [1.82, 2.24) is 4.98 Å². The maximum absolute atomic E-state index is 11.9. The zero-order valence-corrected chi connectivity index (χ0v) is 13.6. The molecule has 1 heterocycles. The number of anilines is 1. The van der Waals surface area contributed by atoms with Gasteiger partial charge in [-0.2, -0.15) is 10.1 Å². The third-order valence-corrected chi connectivity index (χ3v) is 4.18. The van der Waals surface area contributed by atoms with Crippen LogP contribution in [0.1, 0.15) is 12.5 Å². The summed E-state index contributed by atoms with van der Waals surface area (Å²) in [6.07, 6.45) is 1.65. The zero-order chi connectivity index (χ0) is 16.2. The van der Waals surface area contributed by atoms with Crippen molar-refractivity contribution < 1.29 is 9.53 Å². The first-order valence-corrected chi connectivity index (χ1v) is 7.83. The molecule has 0 saturated carbocycles. The monoisotopic (exact) mass is 325 g/mol. The Hall–Kier alpha value is -2.73. The molecule has 0 aliphatic heterocycles. The Morgan fingerprint density at radius 2 is 2.04 bits per heavy atom. The van der Waals surface area contributed by atoms with Crippen molar-refractivity contribution in [3.05, 3.63) is 54.1 Å². The number of carbonyl (C=O) groups excluding carboxylic acids is 1. The molecule has 0 fully saturated rings. The summed E-state index contributed by atoms with van der Waals surface area (Å²) in [5.41, 5.74) is 1.73. The summed E-state index contributed by atoms with van der Waals surface area (Å²) in [5.74, 6) is 0.568. The van der Waals surface area contributed by atoms with Crippen molar-refractivity contribution in [2.75, 3.05) is 12.1 Å².